The van der Waals surface area contributed by atoms with Crippen LogP contribution in [0.5, 0.6) is 0 Å². The van der Waals surface area contributed by atoms with Gasteiger partial charge in [0.1, 0.15) is 5.82 Å². The normalized spacial score (nSPS) is 17.6. The number of fused-ring (bicyclic) bond motifs is 1. The molecule has 4 heteroatoms. The van der Waals surface area contributed by atoms with Gasteiger partial charge in [-0.25, -0.2) is 4.98 Å². The molecule has 0 spiro atoms. The van der Waals surface area contributed by atoms with Gasteiger partial charge < -0.3 is 9.47 Å². The van der Waals surface area contributed by atoms with Gasteiger partial charge in [0.05, 0.1) is 17.1 Å². The molecular weight excluding hydrogens is 370 g/mol. The summed E-state index contributed by atoms with van der Waals surface area (Å²) in [5, 5.41) is 0. The summed E-state index contributed by atoms with van der Waals surface area (Å²) in [6.45, 7) is 3.58. The number of para-hydroxylation sites is 2. The lowest BCUT2D eigenvalue weighted by Crippen LogP contribution is -2.24. The Hall–Kier alpha value is -3.40. The number of benzene rings is 3. The Kier molecular flexibility index (Phi) is 4.83. The van der Waals surface area contributed by atoms with Gasteiger partial charge in [0, 0.05) is 25.4 Å². The van der Waals surface area contributed by atoms with Gasteiger partial charge in [0.25, 0.3) is 0 Å². The van der Waals surface area contributed by atoms with Crippen LogP contribution >= 0.6 is 0 Å². The largest absolute Gasteiger partial charge is 0.338 e. The minimum atomic E-state index is 0.0970. The van der Waals surface area contributed by atoms with Crippen molar-refractivity contribution < 1.29 is 4.79 Å². The minimum Gasteiger partial charge on any atom is -0.338 e. The van der Waals surface area contributed by atoms with E-state index in [0.717, 1.165) is 22.4 Å². The van der Waals surface area contributed by atoms with Gasteiger partial charge in [-0.05, 0) is 30.2 Å². The van der Waals surface area contributed by atoms with Crippen LogP contribution in [0.15, 0.2) is 84.9 Å². The van der Waals surface area contributed by atoms with E-state index in [1.807, 2.05) is 35.2 Å². The summed E-state index contributed by atoms with van der Waals surface area (Å²) >= 11 is 0. The number of hydrogen-bond donors (Lipinski definition) is 0. The first-order chi connectivity index (χ1) is 14.7. The second kappa shape index (κ2) is 7.79. The van der Waals surface area contributed by atoms with E-state index in [0.29, 0.717) is 19.5 Å². The van der Waals surface area contributed by atoms with Crippen LogP contribution in [0.1, 0.15) is 42.3 Å². The van der Waals surface area contributed by atoms with Crippen LogP contribution in [0.25, 0.3) is 11.0 Å². The SMILES string of the molecule is CC(c1ccccc1)n1c(C2CC(=O)N(Cc3ccccc3)C2)nc2ccccc21. The molecule has 1 aromatic heterocycles. The van der Waals surface area contributed by atoms with Crippen LogP contribution in [-0.4, -0.2) is 26.9 Å². The third-order valence-corrected chi connectivity index (χ3v) is 6.09. The smallest absolute Gasteiger partial charge is 0.223 e. The highest BCUT2D eigenvalue weighted by Gasteiger charge is 2.34. The first-order valence-corrected chi connectivity index (χ1v) is 10.5. The topological polar surface area (TPSA) is 38.1 Å². The fourth-order valence-electron chi connectivity index (χ4n) is 4.54. The molecule has 1 aliphatic rings. The molecule has 4 nitrogen and oxygen atoms in total. The predicted octanol–water partition coefficient (Wildman–Crippen LogP) is 5.16. The van der Waals surface area contributed by atoms with Crippen molar-refractivity contribution in [3.8, 4) is 0 Å². The van der Waals surface area contributed by atoms with E-state index in [1.54, 1.807) is 0 Å². The molecule has 1 aliphatic heterocycles. The third-order valence-electron chi connectivity index (χ3n) is 6.09. The Bertz CT molecular complexity index is 1170. The van der Waals surface area contributed by atoms with E-state index in [2.05, 4.69) is 66.1 Å². The van der Waals surface area contributed by atoms with Crippen LogP contribution in [0.4, 0.5) is 0 Å². The molecular formula is C26H25N3O. The molecule has 2 atom stereocenters. The average molecular weight is 396 g/mol. The van der Waals surface area contributed by atoms with Crippen LogP contribution in [-0.2, 0) is 11.3 Å². The number of hydrogen-bond acceptors (Lipinski definition) is 2. The van der Waals surface area contributed by atoms with Gasteiger partial charge >= 0.3 is 0 Å². The summed E-state index contributed by atoms with van der Waals surface area (Å²) in [6, 6.07) is 29.1. The number of imidazole rings is 1. The molecule has 30 heavy (non-hydrogen) atoms. The van der Waals surface area contributed by atoms with Gasteiger partial charge in [0.2, 0.25) is 5.91 Å². The van der Waals surface area contributed by atoms with E-state index in [9.17, 15) is 4.79 Å². The summed E-state index contributed by atoms with van der Waals surface area (Å²) in [4.78, 5) is 19.8. The van der Waals surface area contributed by atoms with Gasteiger partial charge in [-0.15, -0.1) is 0 Å². The van der Waals surface area contributed by atoms with E-state index in [-0.39, 0.29) is 17.9 Å². The second-order valence-corrected chi connectivity index (χ2v) is 8.08. The van der Waals surface area contributed by atoms with Gasteiger partial charge in [-0.1, -0.05) is 72.8 Å². The van der Waals surface area contributed by atoms with E-state index < -0.39 is 0 Å². The molecule has 2 heterocycles. The zero-order valence-corrected chi connectivity index (χ0v) is 17.1. The van der Waals surface area contributed by atoms with Crippen molar-refractivity contribution in [2.75, 3.05) is 6.54 Å². The summed E-state index contributed by atoms with van der Waals surface area (Å²) in [5.74, 6) is 1.31. The summed E-state index contributed by atoms with van der Waals surface area (Å²) in [5.41, 5.74) is 4.52. The number of carbonyl (C=O) groups excluding carboxylic acids is 1. The van der Waals surface area contributed by atoms with E-state index in [4.69, 9.17) is 4.98 Å². The molecule has 0 radical (unpaired) electrons. The van der Waals surface area contributed by atoms with Crippen molar-refractivity contribution in [3.05, 3.63) is 102 Å². The summed E-state index contributed by atoms with van der Waals surface area (Å²) < 4.78 is 2.33. The molecule has 1 amide bonds. The minimum absolute atomic E-state index is 0.0970. The van der Waals surface area contributed by atoms with Crippen molar-refractivity contribution in [1.82, 2.24) is 14.5 Å². The molecule has 2 unspecified atom stereocenters. The highest BCUT2D eigenvalue weighted by Crippen LogP contribution is 2.34. The van der Waals surface area contributed by atoms with Crippen LogP contribution in [0, 0.1) is 0 Å². The first-order valence-electron chi connectivity index (χ1n) is 10.5. The Morgan fingerprint density at radius 2 is 1.60 bits per heavy atom. The molecule has 0 N–H and O–H groups in total. The monoisotopic (exact) mass is 395 g/mol. The highest BCUT2D eigenvalue weighted by molar-refractivity contribution is 5.81. The zero-order chi connectivity index (χ0) is 20.5. The molecule has 0 bridgehead atoms. The van der Waals surface area contributed by atoms with Crippen molar-refractivity contribution >= 4 is 16.9 Å². The number of rotatable bonds is 5. The number of carbonyl (C=O) groups is 1. The highest BCUT2D eigenvalue weighted by atomic mass is 16.2. The fraction of sp³-hybridized carbons (Fsp3) is 0.231. The number of likely N-dealkylation sites (tertiary alicyclic amines) is 1. The van der Waals surface area contributed by atoms with Gasteiger partial charge in [-0.3, -0.25) is 4.79 Å². The quantitative estimate of drug-likeness (QED) is 0.468. The lowest BCUT2D eigenvalue weighted by Gasteiger charge is -2.21. The lowest BCUT2D eigenvalue weighted by atomic mass is 10.0. The fourth-order valence-corrected chi connectivity index (χ4v) is 4.54. The third kappa shape index (κ3) is 3.39. The van der Waals surface area contributed by atoms with Gasteiger partial charge in [-0.2, -0.15) is 0 Å². The van der Waals surface area contributed by atoms with Crippen LogP contribution in [0.3, 0.4) is 0 Å². The number of amides is 1. The second-order valence-electron chi connectivity index (χ2n) is 8.08. The Labute approximate surface area is 176 Å². The summed E-state index contributed by atoms with van der Waals surface area (Å²) in [7, 11) is 0. The molecule has 150 valence electrons. The first kappa shape index (κ1) is 18.6. The molecule has 0 aliphatic carbocycles. The van der Waals surface area contributed by atoms with Crippen molar-refractivity contribution in [2.24, 2.45) is 0 Å². The average Bonchev–Trinajstić information content (AvgIpc) is 3.35. The standard InChI is InChI=1S/C26H25N3O/c1-19(21-12-6-3-7-13-21)29-24-15-9-8-14-23(24)27-26(29)22-16-25(30)28(18-22)17-20-10-4-2-5-11-20/h2-15,19,22H,16-18H2,1H3. The number of nitrogens with zero attached hydrogens (tertiary/aromatic N) is 3. The maximum atomic E-state index is 12.8. The van der Waals surface area contributed by atoms with Crippen molar-refractivity contribution in [1.29, 1.82) is 0 Å². The van der Waals surface area contributed by atoms with Crippen LogP contribution < -0.4 is 0 Å². The maximum Gasteiger partial charge on any atom is 0.223 e. The Balaban J connectivity index is 1.51. The zero-order valence-electron chi connectivity index (χ0n) is 17.1. The van der Waals surface area contributed by atoms with E-state index in [1.165, 1.54) is 5.56 Å². The van der Waals surface area contributed by atoms with Gasteiger partial charge in [0.15, 0.2) is 0 Å². The maximum absolute atomic E-state index is 12.8. The molecule has 4 aromatic rings. The lowest BCUT2D eigenvalue weighted by molar-refractivity contribution is -0.128. The predicted molar refractivity (Wildman–Crippen MR) is 119 cm³/mol. The molecule has 5 rings (SSSR count). The molecule has 1 saturated heterocycles. The van der Waals surface area contributed by atoms with Crippen molar-refractivity contribution in [3.63, 3.8) is 0 Å². The summed E-state index contributed by atoms with van der Waals surface area (Å²) in [6.07, 6.45) is 0.512. The van der Waals surface area contributed by atoms with Crippen molar-refractivity contribution in [2.45, 2.75) is 31.8 Å². The Morgan fingerprint density at radius 1 is 0.933 bits per heavy atom. The number of aromatic nitrogens is 2. The van der Waals surface area contributed by atoms with E-state index >= 15 is 0 Å². The van der Waals surface area contributed by atoms with Crippen LogP contribution in [0.2, 0.25) is 0 Å². The molecule has 1 fully saturated rings. The molecule has 0 saturated carbocycles. The molecule has 3 aromatic carbocycles. The Morgan fingerprint density at radius 3 is 2.37 bits per heavy atom.